The molecule has 0 unspecified atom stereocenters. The lowest BCUT2D eigenvalue weighted by molar-refractivity contribution is 0.0949. The van der Waals surface area contributed by atoms with Gasteiger partial charge in [-0.25, -0.2) is 0 Å². The Bertz CT molecular complexity index is 1210. The third-order valence-electron chi connectivity index (χ3n) is 5.09. The molecule has 0 saturated carbocycles. The molecule has 0 atom stereocenters. The van der Waals surface area contributed by atoms with Gasteiger partial charge in [0.1, 0.15) is 11.8 Å². The van der Waals surface area contributed by atoms with Crippen LogP contribution in [-0.4, -0.2) is 22.2 Å². The maximum Gasteiger partial charge on any atom is 0.257 e. The average molecular weight is 425 g/mol. The number of carbonyl (C=O) groups excluding carboxylic acids is 1. The van der Waals surface area contributed by atoms with Crippen molar-refractivity contribution < 1.29 is 14.6 Å². The summed E-state index contributed by atoms with van der Waals surface area (Å²) in [5, 5.41) is 13.0. The average Bonchev–Trinajstić information content (AvgIpc) is 2.75. The van der Waals surface area contributed by atoms with Crippen LogP contribution in [0.3, 0.4) is 0 Å². The summed E-state index contributed by atoms with van der Waals surface area (Å²) >= 11 is 5.90. The van der Waals surface area contributed by atoms with Crippen LogP contribution in [0, 0.1) is 0 Å². The molecule has 0 bridgehead atoms. The first kappa shape index (κ1) is 20.2. The van der Waals surface area contributed by atoms with Crippen LogP contribution < -0.4 is 15.5 Å². The van der Waals surface area contributed by atoms with Crippen molar-refractivity contribution in [1.29, 1.82) is 0 Å². The summed E-state index contributed by atoms with van der Waals surface area (Å²) in [6.45, 7) is 2.19. The van der Waals surface area contributed by atoms with Crippen molar-refractivity contribution in [2.45, 2.75) is 26.3 Å². The first-order valence-electron chi connectivity index (χ1n) is 9.67. The number of rotatable bonds is 6. The van der Waals surface area contributed by atoms with Gasteiger partial charge in [0.25, 0.3) is 5.91 Å². The molecule has 2 heterocycles. The molecule has 3 aromatic rings. The highest BCUT2D eigenvalue weighted by Crippen LogP contribution is 2.32. The molecule has 1 amide bonds. The molecule has 30 heavy (non-hydrogen) atoms. The molecule has 0 aliphatic carbocycles. The smallest absolute Gasteiger partial charge is 0.257 e. The van der Waals surface area contributed by atoms with E-state index < -0.39 is 5.91 Å². The SMILES string of the molecule is CC1=COc2cc(CCCO)cc3c(=O)c(C(=O)NCc4ccc(Cl)cc4)cn1c23. The zero-order valence-corrected chi connectivity index (χ0v) is 17.2. The fourth-order valence-corrected chi connectivity index (χ4v) is 3.65. The minimum atomic E-state index is -0.442. The van der Waals surface area contributed by atoms with E-state index in [1.165, 1.54) is 0 Å². The van der Waals surface area contributed by atoms with Gasteiger partial charge in [-0.1, -0.05) is 23.7 Å². The van der Waals surface area contributed by atoms with Gasteiger partial charge in [0.15, 0.2) is 5.75 Å². The van der Waals surface area contributed by atoms with E-state index in [0.717, 1.165) is 16.8 Å². The summed E-state index contributed by atoms with van der Waals surface area (Å²) < 4.78 is 7.51. The molecule has 154 valence electrons. The number of benzene rings is 2. The molecule has 7 heteroatoms. The topological polar surface area (TPSA) is 80.6 Å². The molecular weight excluding hydrogens is 404 g/mol. The second-order valence-electron chi connectivity index (χ2n) is 7.25. The maximum absolute atomic E-state index is 13.2. The van der Waals surface area contributed by atoms with Crippen LogP contribution in [0.25, 0.3) is 16.6 Å². The van der Waals surface area contributed by atoms with Crippen molar-refractivity contribution in [2.75, 3.05) is 6.61 Å². The van der Waals surface area contributed by atoms with Gasteiger partial charge in [0, 0.05) is 24.4 Å². The number of aliphatic hydroxyl groups excluding tert-OH is 1. The number of aromatic nitrogens is 1. The number of aryl methyl sites for hydroxylation is 1. The van der Waals surface area contributed by atoms with Gasteiger partial charge in [0.05, 0.1) is 16.6 Å². The van der Waals surface area contributed by atoms with Gasteiger partial charge in [-0.15, -0.1) is 0 Å². The largest absolute Gasteiger partial charge is 0.461 e. The van der Waals surface area contributed by atoms with E-state index in [2.05, 4.69) is 5.32 Å². The molecule has 1 aliphatic rings. The number of allylic oxidation sites excluding steroid dienone is 1. The Morgan fingerprint density at radius 1 is 1.20 bits per heavy atom. The van der Waals surface area contributed by atoms with Crippen molar-refractivity contribution in [3.05, 3.63) is 80.8 Å². The Balaban J connectivity index is 1.73. The van der Waals surface area contributed by atoms with E-state index in [1.807, 2.05) is 29.7 Å². The molecule has 2 aromatic carbocycles. The molecular formula is C23H21ClN2O4. The number of halogens is 1. The van der Waals surface area contributed by atoms with Crippen molar-refractivity contribution in [3.8, 4) is 5.75 Å². The fraction of sp³-hybridized carbons (Fsp3) is 0.217. The summed E-state index contributed by atoms with van der Waals surface area (Å²) in [7, 11) is 0. The van der Waals surface area contributed by atoms with Crippen molar-refractivity contribution in [1.82, 2.24) is 9.88 Å². The Labute approximate surface area is 178 Å². The standard InChI is InChI=1S/C23H21ClN2O4/c1-14-13-30-20-10-16(3-2-8-27)9-18-21(20)26(14)12-19(22(18)28)23(29)25-11-15-4-6-17(24)7-5-15/h4-7,9-10,12-13,27H,2-3,8,11H2,1H3,(H,25,29). The lowest BCUT2D eigenvalue weighted by Gasteiger charge is -2.21. The summed E-state index contributed by atoms with van der Waals surface area (Å²) in [6, 6.07) is 10.8. The number of aliphatic hydroxyl groups is 1. The van der Waals surface area contributed by atoms with Crippen LogP contribution >= 0.6 is 11.6 Å². The molecule has 1 aliphatic heterocycles. The minimum absolute atomic E-state index is 0.0601. The van der Waals surface area contributed by atoms with Crippen molar-refractivity contribution >= 4 is 34.1 Å². The normalized spacial score (nSPS) is 12.4. The van der Waals surface area contributed by atoms with E-state index >= 15 is 0 Å². The van der Waals surface area contributed by atoms with E-state index in [1.54, 1.807) is 30.7 Å². The van der Waals surface area contributed by atoms with Crippen molar-refractivity contribution in [3.63, 3.8) is 0 Å². The predicted octanol–water partition coefficient (Wildman–Crippen LogP) is 3.72. The van der Waals surface area contributed by atoms with Crippen LogP contribution in [0.5, 0.6) is 5.75 Å². The van der Waals surface area contributed by atoms with E-state index in [9.17, 15) is 9.59 Å². The first-order chi connectivity index (χ1) is 14.5. The number of nitrogens with one attached hydrogen (secondary N) is 1. The molecule has 2 N–H and O–H groups in total. The number of ether oxygens (including phenoxy) is 1. The Morgan fingerprint density at radius 2 is 1.97 bits per heavy atom. The molecule has 4 rings (SSSR count). The first-order valence-corrected chi connectivity index (χ1v) is 10.1. The zero-order valence-electron chi connectivity index (χ0n) is 16.4. The molecule has 6 nitrogen and oxygen atoms in total. The lowest BCUT2D eigenvalue weighted by Crippen LogP contribution is -2.30. The van der Waals surface area contributed by atoms with Crippen LogP contribution in [0.4, 0.5) is 0 Å². The third kappa shape index (κ3) is 3.84. The second-order valence-corrected chi connectivity index (χ2v) is 7.68. The zero-order chi connectivity index (χ0) is 21.3. The monoisotopic (exact) mass is 424 g/mol. The highest BCUT2D eigenvalue weighted by Gasteiger charge is 2.21. The fourth-order valence-electron chi connectivity index (χ4n) is 3.53. The molecule has 0 radical (unpaired) electrons. The van der Waals surface area contributed by atoms with Gasteiger partial charge in [-0.3, -0.25) is 9.59 Å². The van der Waals surface area contributed by atoms with E-state index in [0.29, 0.717) is 34.5 Å². The number of nitrogens with zero attached hydrogens (tertiary/aromatic N) is 1. The van der Waals surface area contributed by atoms with Crippen LogP contribution in [-0.2, 0) is 13.0 Å². The number of hydrogen-bond donors (Lipinski definition) is 2. The number of pyridine rings is 1. The maximum atomic E-state index is 13.2. The summed E-state index contributed by atoms with van der Waals surface area (Å²) in [6.07, 6.45) is 4.35. The Morgan fingerprint density at radius 3 is 2.70 bits per heavy atom. The van der Waals surface area contributed by atoms with Gasteiger partial charge in [-0.2, -0.15) is 0 Å². The van der Waals surface area contributed by atoms with E-state index in [-0.39, 0.29) is 24.1 Å². The van der Waals surface area contributed by atoms with Gasteiger partial charge in [-0.05, 0) is 55.2 Å². The second kappa shape index (κ2) is 8.34. The van der Waals surface area contributed by atoms with Crippen LogP contribution in [0.2, 0.25) is 5.02 Å². The molecule has 0 fully saturated rings. The number of carbonyl (C=O) groups is 1. The number of hydrogen-bond acceptors (Lipinski definition) is 4. The summed E-state index contributed by atoms with van der Waals surface area (Å²) in [4.78, 5) is 26.0. The Kier molecular flexibility index (Phi) is 5.61. The van der Waals surface area contributed by atoms with E-state index in [4.69, 9.17) is 21.4 Å². The Hall–Kier alpha value is -3.09. The highest BCUT2D eigenvalue weighted by molar-refractivity contribution is 6.30. The van der Waals surface area contributed by atoms with Gasteiger partial charge >= 0.3 is 0 Å². The van der Waals surface area contributed by atoms with Crippen LogP contribution in [0.1, 0.15) is 34.8 Å². The third-order valence-corrected chi connectivity index (χ3v) is 5.35. The summed E-state index contributed by atoms with van der Waals surface area (Å²) in [5.74, 6) is 0.124. The number of amides is 1. The molecule has 0 spiro atoms. The van der Waals surface area contributed by atoms with Gasteiger partial charge in [0.2, 0.25) is 5.43 Å². The molecule has 1 aromatic heterocycles. The van der Waals surface area contributed by atoms with Crippen molar-refractivity contribution in [2.24, 2.45) is 0 Å². The predicted molar refractivity (Wildman–Crippen MR) is 117 cm³/mol. The lowest BCUT2D eigenvalue weighted by atomic mass is 10.0. The quantitative estimate of drug-likeness (QED) is 0.632. The van der Waals surface area contributed by atoms with Gasteiger partial charge < -0.3 is 19.7 Å². The molecule has 0 saturated heterocycles. The van der Waals surface area contributed by atoms with Crippen LogP contribution in [0.15, 0.2) is 53.7 Å². The highest BCUT2D eigenvalue weighted by atomic mass is 35.5. The summed E-state index contributed by atoms with van der Waals surface area (Å²) in [5.41, 5.74) is 2.89. The minimum Gasteiger partial charge on any atom is -0.461 e.